The average molecular weight is 232 g/mol. The molecule has 90 valence electrons. The molecule has 17 heavy (non-hydrogen) atoms. The van der Waals surface area contributed by atoms with Gasteiger partial charge in [0.05, 0.1) is 6.61 Å². The first-order valence-corrected chi connectivity index (χ1v) is 5.58. The van der Waals surface area contributed by atoms with Crippen LogP contribution in [0.3, 0.4) is 0 Å². The largest absolute Gasteiger partial charge is 0.478 e. The number of nitrogens with zero attached hydrogens (tertiary/aromatic N) is 3. The number of hydrogen-bond acceptors (Lipinski definition) is 4. The van der Waals surface area contributed by atoms with Gasteiger partial charge in [0.15, 0.2) is 0 Å². The molecule has 1 N–H and O–H groups in total. The van der Waals surface area contributed by atoms with E-state index in [9.17, 15) is 0 Å². The first-order valence-electron chi connectivity index (χ1n) is 5.58. The molecule has 0 spiro atoms. The highest BCUT2D eigenvalue weighted by atomic mass is 16.5. The lowest BCUT2D eigenvalue weighted by molar-refractivity contribution is 0.326. The van der Waals surface area contributed by atoms with E-state index in [2.05, 4.69) is 15.4 Å². The van der Waals surface area contributed by atoms with Crippen LogP contribution in [-0.2, 0) is 0 Å². The number of aryl methyl sites for hydroxylation is 2. The highest BCUT2D eigenvalue weighted by molar-refractivity contribution is 5.30. The number of anilines is 1. The van der Waals surface area contributed by atoms with E-state index in [0.29, 0.717) is 18.4 Å². The Labute approximate surface area is 100 Å². The number of aromatic nitrogens is 3. The van der Waals surface area contributed by atoms with Crippen LogP contribution in [0.5, 0.6) is 5.88 Å². The second-order valence-corrected chi connectivity index (χ2v) is 3.71. The van der Waals surface area contributed by atoms with Crippen LogP contribution < -0.4 is 10.2 Å². The highest BCUT2D eigenvalue weighted by Crippen LogP contribution is 2.11. The molecule has 0 aromatic carbocycles. The predicted octanol–water partition coefficient (Wildman–Crippen LogP) is 2.17. The van der Waals surface area contributed by atoms with Gasteiger partial charge in [-0.2, -0.15) is 4.98 Å². The second kappa shape index (κ2) is 4.86. The summed E-state index contributed by atoms with van der Waals surface area (Å²) >= 11 is 0. The molecule has 0 aliphatic carbocycles. The molecule has 0 atom stereocenters. The van der Waals surface area contributed by atoms with Crippen LogP contribution in [0.4, 0.5) is 5.95 Å². The molecular weight excluding hydrogens is 216 g/mol. The van der Waals surface area contributed by atoms with E-state index in [1.807, 2.05) is 37.6 Å². The first kappa shape index (κ1) is 11.4. The van der Waals surface area contributed by atoms with Crippen molar-refractivity contribution in [3.05, 3.63) is 35.8 Å². The number of nitrogens with one attached hydrogen (secondary N) is 1. The van der Waals surface area contributed by atoms with Crippen molar-refractivity contribution < 1.29 is 4.74 Å². The van der Waals surface area contributed by atoms with Crippen molar-refractivity contribution in [1.82, 2.24) is 14.6 Å². The van der Waals surface area contributed by atoms with Crippen molar-refractivity contribution >= 4 is 5.95 Å². The fraction of sp³-hybridized carbons (Fsp3) is 0.333. The van der Waals surface area contributed by atoms with Gasteiger partial charge in [-0.1, -0.05) is 0 Å². The smallest absolute Gasteiger partial charge is 0.245 e. The van der Waals surface area contributed by atoms with E-state index in [4.69, 9.17) is 4.74 Å². The van der Waals surface area contributed by atoms with Crippen LogP contribution in [0.2, 0.25) is 0 Å². The molecule has 0 saturated heterocycles. The second-order valence-electron chi connectivity index (χ2n) is 3.71. The summed E-state index contributed by atoms with van der Waals surface area (Å²) in [5, 5.41) is 0. The van der Waals surface area contributed by atoms with Crippen molar-refractivity contribution in [1.29, 1.82) is 0 Å². The summed E-state index contributed by atoms with van der Waals surface area (Å²) in [5.41, 5.74) is 5.34. The molecule has 5 nitrogen and oxygen atoms in total. The third kappa shape index (κ3) is 2.55. The van der Waals surface area contributed by atoms with E-state index >= 15 is 0 Å². The van der Waals surface area contributed by atoms with Crippen molar-refractivity contribution in [3.8, 4) is 5.88 Å². The molecule has 0 radical (unpaired) electrons. The summed E-state index contributed by atoms with van der Waals surface area (Å²) in [6.07, 6.45) is 1.68. The van der Waals surface area contributed by atoms with Crippen LogP contribution in [0.15, 0.2) is 24.4 Å². The molecule has 2 rings (SSSR count). The Balaban J connectivity index is 2.21. The quantitative estimate of drug-likeness (QED) is 0.877. The average Bonchev–Trinajstić information content (AvgIpc) is 2.62. The molecule has 5 heteroatoms. The van der Waals surface area contributed by atoms with E-state index < -0.39 is 0 Å². The molecule has 2 heterocycles. The van der Waals surface area contributed by atoms with Crippen molar-refractivity contribution in [2.45, 2.75) is 20.8 Å². The monoisotopic (exact) mass is 232 g/mol. The maximum atomic E-state index is 5.33. The fourth-order valence-corrected chi connectivity index (χ4v) is 1.57. The minimum absolute atomic E-state index is 0.526. The zero-order chi connectivity index (χ0) is 12.3. The number of rotatable bonds is 4. The molecule has 2 aromatic rings. The lowest BCUT2D eigenvalue weighted by Gasteiger charge is -2.11. The Morgan fingerprint density at radius 2 is 1.94 bits per heavy atom. The van der Waals surface area contributed by atoms with Crippen molar-refractivity contribution in [2.75, 3.05) is 12.0 Å². The Morgan fingerprint density at radius 1 is 1.24 bits per heavy atom. The molecular formula is C12H16N4O. The minimum Gasteiger partial charge on any atom is -0.478 e. The maximum absolute atomic E-state index is 5.33. The van der Waals surface area contributed by atoms with Gasteiger partial charge in [0.25, 0.3) is 0 Å². The van der Waals surface area contributed by atoms with Crippen LogP contribution in [0, 0.1) is 13.8 Å². The SMILES string of the molecule is CCOc1ccnc(Nn2c(C)ccc2C)n1. The summed E-state index contributed by atoms with van der Waals surface area (Å²) in [4.78, 5) is 8.41. The van der Waals surface area contributed by atoms with E-state index in [0.717, 1.165) is 11.4 Å². The summed E-state index contributed by atoms with van der Waals surface area (Å²) in [5.74, 6) is 1.10. The Kier molecular flexibility index (Phi) is 3.27. The summed E-state index contributed by atoms with van der Waals surface area (Å²) in [6, 6.07) is 5.81. The van der Waals surface area contributed by atoms with Gasteiger partial charge in [0.2, 0.25) is 11.8 Å². The normalized spacial score (nSPS) is 10.3. The summed E-state index contributed by atoms with van der Waals surface area (Å²) < 4.78 is 7.26. The van der Waals surface area contributed by atoms with E-state index in [1.54, 1.807) is 12.3 Å². The third-order valence-electron chi connectivity index (χ3n) is 2.41. The van der Waals surface area contributed by atoms with Crippen LogP contribution in [-0.4, -0.2) is 21.3 Å². The van der Waals surface area contributed by atoms with Gasteiger partial charge in [-0.05, 0) is 32.9 Å². The minimum atomic E-state index is 0.526. The van der Waals surface area contributed by atoms with Crippen LogP contribution in [0.25, 0.3) is 0 Å². The van der Waals surface area contributed by atoms with Gasteiger partial charge in [0, 0.05) is 23.7 Å². The lowest BCUT2D eigenvalue weighted by atomic mass is 10.5. The third-order valence-corrected chi connectivity index (χ3v) is 2.41. The zero-order valence-corrected chi connectivity index (χ0v) is 10.3. The van der Waals surface area contributed by atoms with Gasteiger partial charge in [0.1, 0.15) is 0 Å². The molecule has 0 bridgehead atoms. The Bertz CT molecular complexity index is 487. The van der Waals surface area contributed by atoms with Gasteiger partial charge < -0.3 is 4.74 Å². The molecule has 0 saturated carbocycles. The summed E-state index contributed by atoms with van der Waals surface area (Å²) in [6.45, 7) is 6.56. The van der Waals surface area contributed by atoms with Crippen molar-refractivity contribution in [3.63, 3.8) is 0 Å². The van der Waals surface area contributed by atoms with Gasteiger partial charge >= 0.3 is 0 Å². The Morgan fingerprint density at radius 3 is 2.59 bits per heavy atom. The topological polar surface area (TPSA) is 52.0 Å². The first-order chi connectivity index (χ1) is 8.20. The fourth-order valence-electron chi connectivity index (χ4n) is 1.57. The zero-order valence-electron chi connectivity index (χ0n) is 10.3. The maximum Gasteiger partial charge on any atom is 0.245 e. The van der Waals surface area contributed by atoms with Gasteiger partial charge in [-0.3, -0.25) is 10.1 Å². The van der Waals surface area contributed by atoms with E-state index in [-0.39, 0.29) is 0 Å². The molecule has 2 aromatic heterocycles. The molecule has 0 unspecified atom stereocenters. The van der Waals surface area contributed by atoms with Gasteiger partial charge in [-0.25, -0.2) is 4.98 Å². The standard InChI is InChI=1S/C12H16N4O/c1-4-17-11-7-8-13-12(14-11)15-16-9(2)5-6-10(16)3/h5-8H,4H2,1-3H3,(H,13,14,15). The van der Waals surface area contributed by atoms with Crippen molar-refractivity contribution in [2.24, 2.45) is 0 Å². The molecule has 0 aliphatic heterocycles. The number of ether oxygens (including phenoxy) is 1. The molecule has 0 fully saturated rings. The van der Waals surface area contributed by atoms with E-state index in [1.165, 1.54) is 0 Å². The van der Waals surface area contributed by atoms with Crippen LogP contribution in [0.1, 0.15) is 18.3 Å². The molecule has 0 amide bonds. The van der Waals surface area contributed by atoms with Gasteiger partial charge in [-0.15, -0.1) is 0 Å². The molecule has 0 aliphatic rings. The van der Waals surface area contributed by atoms with Crippen LogP contribution >= 0.6 is 0 Å². The summed E-state index contributed by atoms with van der Waals surface area (Å²) in [7, 11) is 0. The number of hydrogen-bond donors (Lipinski definition) is 1. The lowest BCUT2D eigenvalue weighted by Crippen LogP contribution is -2.14. The Hall–Kier alpha value is -2.04. The predicted molar refractivity (Wildman–Crippen MR) is 66.1 cm³/mol. The highest BCUT2D eigenvalue weighted by Gasteiger charge is 2.03.